The molecule has 2 atom stereocenters. The van der Waals surface area contributed by atoms with Crippen LogP contribution in [-0.2, 0) is 16.1 Å². The maximum atomic E-state index is 13.1. The number of benzene rings is 2. The molecule has 0 saturated heterocycles. The normalized spacial score (nSPS) is 12.4. The van der Waals surface area contributed by atoms with Gasteiger partial charge in [0.15, 0.2) is 18.1 Å². The summed E-state index contributed by atoms with van der Waals surface area (Å²) in [6.07, 6.45) is 0.805. The molecule has 0 aliphatic carbocycles. The van der Waals surface area contributed by atoms with Gasteiger partial charge in [0.1, 0.15) is 11.8 Å². The van der Waals surface area contributed by atoms with Crippen LogP contribution < -0.4 is 19.5 Å². The number of ether oxygens (including phenoxy) is 3. The second-order valence-corrected chi connectivity index (χ2v) is 7.31. The topological polar surface area (TPSA) is 77.1 Å². The van der Waals surface area contributed by atoms with Crippen LogP contribution in [0.1, 0.15) is 32.8 Å². The van der Waals surface area contributed by atoms with Crippen molar-refractivity contribution in [3.05, 3.63) is 54.1 Å². The molecular formula is C24H32N2O5. The van der Waals surface area contributed by atoms with E-state index in [9.17, 15) is 9.59 Å². The first-order valence-corrected chi connectivity index (χ1v) is 10.4. The smallest absolute Gasteiger partial charge is 0.261 e. The van der Waals surface area contributed by atoms with E-state index in [1.807, 2.05) is 44.2 Å². The summed E-state index contributed by atoms with van der Waals surface area (Å²) >= 11 is 0. The molecule has 0 aromatic heterocycles. The number of para-hydroxylation sites is 2. The fourth-order valence-electron chi connectivity index (χ4n) is 2.98. The number of nitrogens with one attached hydrogen (secondary N) is 1. The molecule has 0 aliphatic rings. The summed E-state index contributed by atoms with van der Waals surface area (Å²) < 4.78 is 16.3. The number of hydrogen-bond acceptors (Lipinski definition) is 5. The van der Waals surface area contributed by atoms with Crippen LogP contribution in [0.5, 0.6) is 17.2 Å². The van der Waals surface area contributed by atoms with E-state index >= 15 is 0 Å². The highest BCUT2D eigenvalue weighted by molar-refractivity contribution is 5.88. The molecule has 2 aromatic carbocycles. The highest BCUT2D eigenvalue weighted by Gasteiger charge is 2.27. The van der Waals surface area contributed by atoms with Crippen LogP contribution in [0.25, 0.3) is 0 Å². The molecule has 2 aromatic rings. The van der Waals surface area contributed by atoms with Gasteiger partial charge in [0.2, 0.25) is 5.91 Å². The van der Waals surface area contributed by atoms with Gasteiger partial charge in [-0.2, -0.15) is 0 Å². The zero-order valence-corrected chi connectivity index (χ0v) is 18.9. The summed E-state index contributed by atoms with van der Waals surface area (Å²) in [6, 6.07) is 13.9. The molecule has 0 radical (unpaired) electrons. The predicted molar refractivity (Wildman–Crippen MR) is 119 cm³/mol. The van der Waals surface area contributed by atoms with E-state index in [1.54, 1.807) is 39.3 Å². The highest BCUT2D eigenvalue weighted by atomic mass is 16.5. The van der Waals surface area contributed by atoms with Gasteiger partial charge in [-0.3, -0.25) is 9.59 Å². The monoisotopic (exact) mass is 428 g/mol. The van der Waals surface area contributed by atoms with E-state index in [0.29, 0.717) is 17.2 Å². The van der Waals surface area contributed by atoms with Crippen molar-refractivity contribution in [3.8, 4) is 17.2 Å². The van der Waals surface area contributed by atoms with Gasteiger partial charge in [0, 0.05) is 12.6 Å². The second kappa shape index (κ2) is 11.8. The number of hydrogen-bond donors (Lipinski definition) is 1. The lowest BCUT2D eigenvalue weighted by Crippen LogP contribution is -2.50. The third-order valence-electron chi connectivity index (χ3n) is 5.08. The Morgan fingerprint density at radius 1 is 1.00 bits per heavy atom. The molecule has 0 unspecified atom stereocenters. The molecule has 2 amide bonds. The minimum atomic E-state index is -0.672. The molecule has 7 nitrogen and oxygen atoms in total. The van der Waals surface area contributed by atoms with Gasteiger partial charge < -0.3 is 24.4 Å². The predicted octanol–water partition coefficient (Wildman–Crippen LogP) is 3.41. The van der Waals surface area contributed by atoms with E-state index < -0.39 is 6.04 Å². The summed E-state index contributed by atoms with van der Waals surface area (Å²) in [6.45, 7) is 5.68. The Morgan fingerprint density at radius 2 is 1.71 bits per heavy atom. The van der Waals surface area contributed by atoms with Gasteiger partial charge in [0.05, 0.1) is 14.2 Å². The molecule has 0 fully saturated rings. The number of amides is 2. The second-order valence-electron chi connectivity index (χ2n) is 7.31. The number of methoxy groups -OCH3 is 2. The van der Waals surface area contributed by atoms with Crippen molar-refractivity contribution in [2.24, 2.45) is 0 Å². The number of rotatable bonds is 11. The van der Waals surface area contributed by atoms with E-state index in [2.05, 4.69) is 5.32 Å². The molecule has 0 saturated carbocycles. The maximum Gasteiger partial charge on any atom is 0.261 e. The zero-order valence-electron chi connectivity index (χ0n) is 18.9. The Hall–Kier alpha value is -3.22. The summed E-state index contributed by atoms with van der Waals surface area (Å²) in [5.74, 6) is 1.18. The lowest BCUT2D eigenvalue weighted by Gasteiger charge is -2.29. The van der Waals surface area contributed by atoms with Gasteiger partial charge in [-0.05, 0) is 50.1 Å². The first kappa shape index (κ1) is 24.1. The molecular weight excluding hydrogens is 396 g/mol. The molecule has 31 heavy (non-hydrogen) atoms. The lowest BCUT2D eigenvalue weighted by atomic mass is 10.1. The lowest BCUT2D eigenvalue weighted by molar-refractivity contribution is -0.142. The number of carbonyl (C=O) groups is 2. The fraction of sp³-hybridized carbons (Fsp3) is 0.417. The Labute approximate surface area is 184 Å². The van der Waals surface area contributed by atoms with Crippen LogP contribution in [0.2, 0.25) is 0 Å². The fourth-order valence-corrected chi connectivity index (χ4v) is 2.98. The average molecular weight is 429 g/mol. The van der Waals surface area contributed by atoms with Crippen molar-refractivity contribution < 1.29 is 23.8 Å². The van der Waals surface area contributed by atoms with Gasteiger partial charge in [0.25, 0.3) is 5.91 Å². The third kappa shape index (κ3) is 6.91. The summed E-state index contributed by atoms with van der Waals surface area (Å²) in [4.78, 5) is 27.4. The minimum Gasteiger partial charge on any atom is -0.497 e. The summed E-state index contributed by atoms with van der Waals surface area (Å²) in [5, 5.41) is 2.95. The zero-order chi connectivity index (χ0) is 22.8. The van der Waals surface area contributed by atoms with Gasteiger partial charge in [-0.25, -0.2) is 0 Å². The third-order valence-corrected chi connectivity index (χ3v) is 5.08. The van der Waals surface area contributed by atoms with E-state index in [4.69, 9.17) is 14.2 Å². The number of nitrogens with zero attached hydrogens (tertiary/aromatic N) is 1. The van der Waals surface area contributed by atoms with Crippen LogP contribution in [0.4, 0.5) is 0 Å². The summed E-state index contributed by atoms with van der Waals surface area (Å²) in [7, 11) is 3.13. The van der Waals surface area contributed by atoms with Crippen LogP contribution in [0.15, 0.2) is 48.5 Å². The quantitative estimate of drug-likeness (QED) is 0.594. The standard InChI is InChI=1S/C24H32N2O5/c1-6-17(2)25-24(28)18(3)26(15-19-10-9-11-20(14-19)29-4)23(27)16-31-22-13-8-7-12-21(22)30-5/h7-14,17-18H,6,15-16H2,1-5H3,(H,25,28)/t17-,18+/m0/s1. The van der Waals surface area contributed by atoms with Crippen molar-refractivity contribution in [2.45, 2.75) is 45.8 Å². The van der Waals surface area contributed by atoms with Crippen molar-refractivity contribution in [2.75, 3.05) is 20.8 Å². The van der Waals surface area contributed by atoms with Crippen molar-refractivity contribution >= 4 is 11.8 Å². The van der Waals surface area contributed by atoms with E-state index in [-0.39, 0.29) is 31.0 Å². The van der Waals surface area contributed by atoms with Crippen LogP contribution >= 0.6 is 0 Å². The molecule has 1 N–H and O–H groups in total. The van der Waals surface area contributed by atoms with Crippen LogP contribution in [-0.4, -0.2) is 49.6 Å². The Kier molecular flexibility index (Phi) is 9.18. The molecule has 168 valence electrons. The Balaban J connectivity index is 2.20. The molecule has 7 heteroatoms. The molecule has 0 aliphatic heterocycles. The van der Waals surface area contributed by atoms with Crippen LogP contribution in [0.3, 0.4) is 0 Å². The Bertz CT molecular complexity index is 871. The van der Waals surface area contributed by atoms with Crippen molar-refractivity contribution in [1.82, 2.24) is 10.2 Å². The van der Waals surface area contributed by atoms with E-state index in [1.165, 1.54) is 4.90 Å². The molecule has 0 heterocycles. The van der Waals surface area contributed by atoms with Crippen molar-refractivity contribution in [1.29, 1.82) is 0 Å². The number of carbonyl (C=O) groups excluding carboxylic acids is 2. The minimum absolute atomic E-state index is 0.0218. The van der Waals surface area contributed by atoms with Gasteiger partial charge in [-0.1, -0.05) is 31.2 Å². The van der Waals surface area contributed by atoms with Crippen molar-refractivity contribution in [3.63, 3.8) is 0 Å². The van der Waals surface area contributed by atoms with Crippen LogP contribution in [0, 0.1) is 0 Å². The maximum absolute atomic E-state index is 13.1. The Morgan fingerprint density at radius 3 is 2.35 bits per heavy atom. The highest BCUT2D eigenvalue weighted by Crippen LogP contribution is 2.26. The molecule has 0 bridgehead atoms. The van der Waals surface area contributed by atoms with Gasteiger partial charge >= 0.3 is 0 Å². The van der Waals surface area contributed by atoms with E-state index in [0.717, 1.165) is 12.0 Å². The molecule has 0 spiro atoms. The van der Waals surface area contributed by atoms with Gasteiger partial charge in [-0.15, -0.1) is 0 Å². The largest absolute Gasteiger partial charge is 0.497 e. The first-order valence-electron chi connectivity index (χ1n) is 10.4. The molecule has 2 rings (SSSR count). The SMILES string of the molecule is CC[C@H](C)NC(=O)[C@@H](C)N(Cc1cccc(OC)c1)C(=O)COc1ccccc1OC. The average Bonchev–Trinajstić information content (AvgIpc) is 2.80. The summed E-state index contributed by atoms with van der Waals surface area (Å²) in [5.41, 5.74) is 0.855. The first-order chi connectivity index (χ1) is 14.9.